The third kappa shape index (κ3) is 13.7. The molecule has 3 heterocycles. The molecule has 2 unspecified atom stereocenters. The van der Waals surface area contributed by atoms with Gasteiger partial charge in [-0.15, -0.1) is 0 Å². The number of alkyl halides is 3. The lowest BCUT2D eigenvalue weighted by Gasteiger charge is -2.27. The lowest BCUT2D eigenvalue weighted by atomic mass is 10.0. The maximum absolute atomic E-state index is 13.1. The summed E-state index contributed by atoms with van der Waals surface area (Å²) in [5, 5.41) is 12.7. The summed E-state index contributed by atoms with van der Waals surface area (Å²) in [7, 11) is 0. The van der Waals surface area contributed by atoms with Crippen LogP contribution in [0.25, 0.3) is 0 Å². The van der Waals surface area contributed by atoms with Crippen molar-refractivity contribution < 1.29 is 52.5 Å². The third-order valence-corrected chi connectivity index (χ3v) is 8.61. The van der Waals surface area contributed by atoms with Crippen LogP contribution in [0.1, 0.15) is 59.2 Å². The highest BCUT2D eigenvalue weighted by atomic mass is 35.6. The second-order valence-electron chi connectivity index (χ2n) is 12.1. The van der Waals surface area contributed by atoms with Gasteiger partial charge in [0.05, 0.1) is 50.8 Å². The Labute approximate surface area is 336 Å². The zero-order valence-electron chi connectivity index (χ0n) is 30.0. The molecule has 5 N–H and O–H groups in total. The van der Waals surface area contributed by atoms with Crippen molar-refractivity contribution >= 4 is 82.3 Å². The molecule has 0 saturated carbocycles. The van der Waals surface area contributed by atoms with Crippen LogP contribution in [0.3, 0.4) is 0 Å². The van der Waals surface area contributed by atoms with Gasteiger partial charge in [0.1, 0.15) is 11.8 Å². The molecule has 0 radical (unpaired) electrons. The Hall–Kier alpha value is -4.82. The predicted octanol–water partition coefficient (Wildman–Crippen LogP) is 1.62. The summed E-state index contributed by atoms with van der Waals surface area (Å²) in [4.78, 5) is 95.0. The molecule has 0 bridgehead atoms. The van der Waals surface area contributed by atoms with E-state index < -0.39 is 45.7 Å². The van der Waals surface area contributed by atoms with Gasteiger partial charge in [0, 0.05) is 44.7 Å². The molecule has 1 fully saturated rings. The van der Waals surface area contributed by atoms with E-state index in [1.54, 1.807) is 18.2 Å². The smallest absolute Gasteiger partial charge is 0.408 e. The topological polar surface area (TPSA) is 246 Å². The number of halogens is 3. The second-order valence-corrected chi connectivity index (χ2v) is 14.4. The summed E-state index contributed by atoms with van der Waals surface area (Å²) in [6, 6.07) is 5.11. The molecule has 7 amide bonds. The average molecular weight is 844 g/mol. The van der Waals surface area contributed by atoms with E-state index >= 15 is 0 Å². The first kappa shape index (κ1) is 43.9. The van der Waals surface area contributed by atoms with E-state index in [1.165, 1.54) is 18.5 Å². The Kier molecular flexibility index (Phi) is 17.3. The monoisotopic (exact) mass is 842 g/mol. The number of hydrogen-bond acceptors (Lipinski definition) is 14. The molecule has 2 aliphatic rings. The number of piperidine rings is 1. The molecule has 0 spiro atoms. The number of fused-ring (bicyclic) bond motifs is 1. The van der Waals surface area contributed by atoms with Gasteiger partial charge in [0.15, 0.2) is 6.17 Å². The molecule has 19 nitrogen and oxygen atoms in total. The van der Waals surface area contributed by atoms with Gasteiger partial charge in [-0.2, -0.15) is 0 Å². The molecule has 2 aromatic rings. The number of aromatic nitrogens is 2. The largest absolute Gasteiger partial charge is 0.493 e. The molecule has 56 heavy (non-hydrogen) atoms. The standard InChI is InChI=1S/C34H41Cl3N8O11/c35-34(36,37)31(43-32-40-11-2-12-41-32)44-33(52)56-16-4-14-39-25(47)10-18-54-20-19-53-17-9-24(46)38-13-3-15-55-23-6-1-5-21-27(23)30(51)45(29(21)50)22-7-8-26(48)42-28(22)49/h1-2,5-6,11-12,22,31H,3-4,7-10,13-20H2,(H,38,46)(H,39,47)(H,44,52)(H,40,41,43)(H,42,48,49). The Morgan fingerprint density at radius 1 is 0.857 bits per heavy atom. The van der Waals surface area contributed by atoms with Gasteiger partial charge in [0.2, 0.25) is 33.4 Å². The predicted molar refractivity (Wildman–Crippen MR) is 199 cm³/mol. The molecular weight excluding hydrogens is 803 g/mol. The lowest BCUT2D eigenvalue weighted by molar-refractivity contribution is -0.136. The van der Waals surface area contributed by atoms with Gasteiger partial charge in [-0.05, 0) is 37.5 Å². The number of nitrogens with zero attached hydrogens (tertiary/aromatic N) is 3. The fraction of sp³-hybridized carbons (Fsp3) is 0.500. The summed E-state index contributed by atoms with van der Waals surface area (Å²) < 4.78 is 19.7. The molecule has 1 aromatic heterocycles. The van der Waals surface area contributed by atoms with E-state index in [-0.39, 0.29) is 107 Å². The quantitative estimate of drug-likeness (QED) is 0.0490. The number of carbonyl (C=O) groups excluding carboxylic acids is 7. The lowest BCUT2D eigenvalue weighted by Crippen LogP contribution is -2.54. The van der Waals surface area contributed by atoms with Crippen molar-refractivity contribution in [1.29, 1.82) is 0 Å². The summed E-state index contributed by atoms with van der Waals surface area (Å²) in [6.45, 7) is 1.42. The number of alkyl carbamates (subject to hydrolysis) is 1. The summed E-state index contributed by atoms with van der Waals surface area (Å²) in [5.74, 6) is -2.62. The minimum Gasteiger partial charge on any atom is -0.493 e. The first-order chi connectivity index (χ1) is 26.8. The number of anilines is 1. The number of benzene rings is 1. The van der Waals surface area contributed by atoms with Crippen LogP contribution in [0, 0.1) is 0 Å². The minimum atomic E-state index is -1.94. The first-order valence-corrected chi connectivity index (χ1v) is 18.7. The van der Waals surface area contributed by atoms with Gasteiger partial charge < -0.3 is 34.9 Å². The number of rotatable bonds is 22. The average Bonchev–Trinajstić information content (AvgIpc) is 3.41. The van der Waals surface area contributed by atoms with Crippen LogP contribution in [-0.2, 0) is 33.4 Å². The summed E-state index contributed by atoms with van der Waals surface area (Å²) >= 11 is 17.7. The number of imide groups is 2. The van der Waals surface area contributed by atoms with E-state index in [0.29, 0.717) is 19.4 Å². The van der Waals surface area contributed by atoms with E-state index in [4.69, 9.17) is 53.8 Å². The highest BCUT2D eigenvalue weighted by molar-refractivity contribution is 6.68. The molecule has 2 aliphatic heterocycles. The third-order valence-electron chi connectivity index (χ3n) is 7.95. The second kappa shape index (κ2) is 22.1. The number of carbonyl (C=O) groups is 7. The van der Waals surface area contributed by atoms with Gasteiger partial charge >= 0.3 is 6.09 Å². The van der Waals surface area contributed by atoms with E-state index in [9.17, 15) is 33.6 Å². The number of ether oxygens (including phenoxy) is 4. The molecule has 1 saturated heterocycles. The van der Waals surface area contributed by atoms with E-state index in [1.807, 2.05) is 0 Å². The Morgan fingerprint density at radius 2 is 1.50 bits per heavy atom. The van der Waals surface area contributed by atoms with E-state index in [2.05, 4.69) is 36.6 Å². The molecule has 2 atom stereocenters. The number of amides is 7. The minimum absolute atomic E-state index is 0.0141. The van der Waals surface area contributed by atoms with Crippen molar-refractivity contribution in [3.8, 4) is 5.75 Å². The van der Waals surface area contributed by atoms with Gasteiger partial charge in [-0.25, -0.2) is 14.8 Å². The van der Waals surface area contributed by atoms with Crippen LogP contribution in [0.5, 0.6) is 5.75 Å². The van der Waals surface area contributed by atoms with Gasteiger partial charge in [0.25, 0.3) is 11.8 Å². The van der Waals surface area contributed by atoms with Crippen molar-refractivity contribution in [1.82, 2.24) is 36.1 Å². The highest BCUT2D eigenvalue weighted by Gasteiger charge is 2.46. The Bertz CT molecular complexity index is 1720. The number of hydrogen-bond donors (Lipinski definition) is 5. The van der Waals surface area contributed by atoms with Crippen molar-refractivity contribution in [2.45, 2.75) is 54.5 Å². The fourth-order valence-corrected chi connectivity index (χ4v) is 5.57. The van der Waals surface area contributed by atoms with Crippen LogP contribution in [0.4, 0.5) is 10.7 Å². The summed E-state index contributed by atoms with van der Waals surface area (Å²) in [5.41, 5.74) is 0.173. The molecule has 4 rings (SSSR count). The zero-order chi connectivity index (χ0) is 40.5. The van der Waals surface area contributed by atoms with Crippen LogP contribution in [-0.4, -0.2) is 125 Å². The van der Waals surface area contributed by atoms with Crippen molar-refractivity contribution in [3.05, 3.63) is 47.8 Å². The Balaban J connectivity index is 0.969. The maximum atomic E-state index is 13.1. The molecule has 22 heteroatoms. The molecular formula is C34H41Cl3N8O11. The van der Waals surface area contributed by atoms with Crippen molar-refractivity contribution in [3.63, 3.8) is 0 Å². The zero-order valence-corrected chi connectivity index (χ0v) is 32.3. The fourth-order valence-electron chi connectivity index (χ4n) is 5.24. The van der Waals surface area contributed by atoms with E-state index in [0.717, 1.165) is 4.90 Å². The van der Waals surface area contributed by atoms with Crippen molar-refractivity contribution in [2.24, 2.45) is 0 Å². The first-order valence-electron chi connectivity index (χ1n) is 17.5. The SMILES string of the molecule is O=C(CCOCCOCCC(=O)NCCCOc1cccc2c1C(=O)N(C1CCC(=O)NC1=O)C2=O)NCCCOC(=O)NC(Nc1ncccn1)C(Cl)(Cl)Cl. The van der Waals surface area contributed by atoms with Crippen molar-refractivity contribution in [2.75, 3.05) is 58.0 Å². The van der Waals surface area contributed by atoms with Gasteiger partial charge in [-0.1, -0.05) is 40.9 Å². The van der Waals surface area contributed by atoms with Crippen LogP contribution in [0.2, 0.25) is 0 Å². The highest BCUT2D eigenvalue weighted by Crippen LogP contribution is 2.34. The normalized spacial score (nSPS) is 15.8. The number of nitrogens with one attached hydrogen (secondary N) is 5. The van der Waals surface area contributed by atoms with Crippen LogP contribution < -0.4 is 31.3 Å². The molecule has 0 aliphatic carbocycles. The van der Waals surface area contributed by atoms with Gasteiger partial charge in [-0.3, -0.25) is 44.3 Å². The molecule has 1 aromatic carbocycles. The maximum Gasteiger partial charge on any atom is 0.408 e. The Morgan fingerprint density at radius 3 is 2.12 bits per heavy atom. The summed E-state index contributed by atoms with van der Waals surface area (Å²) in [6.07, 6.45) is 1.92. The van der Waals surface area contributed by atoms with Crippen LogP contribution >= 0.6 is 34.8 Å². The van der Waals surface area contributed by atoms with Crippen LogP contribution in [0.15, 0.2) is 36.7 Å². The molecule has 304 valence electrons.